The zero-order chi connectivity index (χ0) is 15.7. The van der Waals surface area contributed by atoms with Crippen molar-refractivity contribution in [1.82, 2.24) is 19.2 Å². The van der Waals surface area contributed by atoms with Gasteiger partial charge in [0, 0.05) is 56.3 Å². The summed E-state index contributed by atoms with van der Waals surface area (Å²) in [5.41, 5.74) is 0.769. The minimum atomic E-state index is -0.0325. The van der Waals surface area contributed by atoms with Crippen LogP contribution in [0.15, 0.2) is 22.4 Å². The molecule has 0 radical (unpaired) electrons. The normalized spacial score (nSPS) is 16.6. The van der Waals surface area contributed by atoms with Gasteiger partial charge in [0.1, 0.15) is 0 Å². The van der Waals surface area contributed by atoms with Crippen LogP contribution in [0.5, 0.6) is 0 Å². The molecule has 0 bridgehead atoms. The minimum Gasteiger partial charge on any atom is -0.340 e. The van der Waals surface area contributed by atoms with Crippen molar-refractivity contribution in [3.8, 4) is 0 Å². The lowest BCUT2D eigenvalue weighted by molar-refractivity contribution is -0.136. The van der Waals surface area contributed by atoms with Gasteiger partial charge < -0.3 is 4.90 Å². The largest absolute Gasteiger partial charge is 0.340 e. The summed E-state index contributed by atoms with van der Waals surface area (Å²) in [6, 6.07) is 1.60. The van der Waals surface area contributed by atoms with E-state index < -0.39 is 0 Å². The molecule has 3 rings (SSSR count). The van der Waals surface area contributed by atoms with Gasteiger partial charge in [0.2, 0.25) is 5.91 Å². The number of nitrogens with zero attached hydrogens (tertiary/aromatic N) is 4. The van der Waals surface area contributed by atoms with E-state index in [9.17, 15) is 9.59 Å². The summed E-state index contributed by atoms with van der Waals surface area (Å²) in [4.78, 5) is 33.4. The molecule has 1 aliphatic heterocycles. The van der Waals surface area contributed by atoms with Crippen LogP contribution in [0.1, 0.15) is 19.5 Å². The zero-order valence-corrected chi connectivity index (χ0v) is 13.7. The predicted octanol–water partition coefficient (Wildman–Crippen LogP) is 1.06. The highest BCUT2D eigenvalue weighted by Crippen LogP contribution is 2.11. The Morgan fingerprint density at radius 3 is 2.73 bits per heavy atom. The van der Waals surface area contributed by atoms with Crippen molar-refractivity contribution in [1.29, 1.82) is 0 Å². The molecule has 2 aromatic heterocycles. The van der Waals surface area contributed by atoms with Gasteiger partial charge in [-0.1, -0.05) is 13.8 Å². The van der Waals surface area contributed by atoms with Crippen LogP contribution in [-0.4, -0.2) is 51.3 Å². The summed E-state index contributed by atoms with van der Waals surface area (Å²) in [5, 5.41) is 1.86. The SMILES string of the molecule is CC(C)C(=O)N1CCN(Cc2cc(=O)n3ccsc3n2)CC1. The van der Waals surface area contributed by atoms with Crippen molar-refractivity contribution in [3.63, 3.8) is 0 Å². The molecule has 22 heavy (non-hydrogen) atoms. The van der Waals surface area contributed by atoms with E-state index >= 15 is 0 Å². The van der Waals surface area contributed by atoms with Gasteiger partial charge in [0.05, 0.1) is 5.69 Å². The number of carbonyl (C=O) groups is 1. The molecule has 3 heterocycles. The molecule has 0 unspecified atom stereocenters. The maximum Gasteiger partial charge on any atom is 0.258 e. The third-order valence-electron chi connectivity index (χ3n) is 3.92. The molecule has 0 aromatic carbocycles. The number of piperazine rings is 1. The first kappa shape index (κ1) is 15.2. The van der Waals surface area contributed by atoms with Gasteiger partial charge in [0.25, 0.3) is 5.56 Å². The monoisotopic (exact) mass is 320 g/mol. The standard InChI is InChI=1S/C15H20N4O2S/c1-11(2)14(21)18-5-3-17(4-6-18)10-12-9-13(20)19-7-8-22-15(19)16-12/h7-9,11H,3-6,10H2,1-2H3. The Bertz CT molecular complexity index is 728. The molecule has 118 valence electrons. The lowest BCUT2D eigenvalue weighted by atomic mass is 10.1. The van der Waals surface area contributed by atoms with Gasteiger partial charge in [-0.3, -0.25) is 18.9 Å². The van der Waals surface area contributed by atoms with Gasteiger partial charge >= 0.3 is 0 Å². The number of thiazole rings is 1. The number of hydrogen-bond acceptors (Lipinski definition) is 5. The quantitative estimate of drug-likeness (QED) is 0.848. The highest BCUT2D eigenvalue weighted by molar-refractivity contribution is 7.15. The fourth-order valence-electron chi connectivity index (χ4n) is 2.69. The predicted molar refractivity (Wildman–Crippen MR) is 86.0 cm³/mol. The Labute approximate surface area is 133 Å². The zero-order valence-electron chi connectivity index (χ0n) is 12.9. The average molecular weight is 320 g/mol. The Hall–Kier alpha value is -1.73. The number of rotatable bonds is 3. The fraction of sp³-hybridized carbons (Fsp3) is 0.533. The minimum absolute atomic E-state index is 0.0325. The summed E-state index contributed by atoms with van der Waals surface area (Å²) < 4.78 is 1.56. The van der Waals surface area contributed by atoms with Gasteiger partial charge in [-0.25, -0.2) is 4.98 Å². The van der Waals surface area contributed by atoms with Crippen LogP contribution in [0.4, 0.5) is 0 Å². The van der Waals surface area contributed by atoms with Crippen LogP contribution in [0.3, 0.4) is 0 Å². The third kappa shape index (κ3) is 3.05. The van der Waals surface area contributed by atoms with Crippen LogP contribution in [0.25, 0.3) is 4.96 Å². The molecular formula is C15H20N4O2S. The van der Waals surface area contributed by atoms with Gasteiger partial charge in [-0.2, -0.15) is 0 Å². The maximum absolute atomic E-state index is 12.0. The number of amides is 1. The van der Waals surface area contributed by atoms with E-state index in [0.29, 0.717) is 6.54 Å². The maximum atomic E-state index is 12.0. The van der Waals surface area contributed by atoms with Crippen molar-refractivity contribution < 1.29 is 4.79 Å². The van der Waals surface area contributed by atoms with Crippen LogP contribution in [0, 0.1) is 5.92 Å². The summed E-state index contributed by atoms with van der Waals surface area (Å²) >= 11 is 1.47. The second-order valence-corrected chi connectivity index (χ2v) is 6.77. The number of carbonyl (C=O) groups excluding carboxylic acids is 1. The van der Waals surface area contributed by atoms with Crippen molar-refractivity contribution in [2.24, 2.45) is 5.92 Å². The molecule has 0 atom stereocenters. The van der Waals surface area contributed by atoms with Crippen molar-refractivity contribution in [2.75, 3.05) is 26.2 Å². The van der Waals surface area contributed by atoms with E-state index in [-0.39, 0.29) is 17.4 Å². The topological polar surface area (TPSA) is 57.9 Å². The highest BCUT2D eigenvalue weighted by Gasteiger charge is 2.23. The molecule has 0 spiro atoms. The average Bonchev–Trinajstić information content (AvgIpc) is 2.96. The number of aromatic nitrogens is 2. The summed E-state index contributed by atoms with van der Waals surface area (Å²) in [6.07, 6.45) is 1.75. The second-order valence-electron chi connectivity index (χ2n) is 5.90. The molecule has 6 nitrogen and oxygen atoms in total. The van der Waals surface area contributed by atoms with Gasteiger partial charge in [-0.05, 0) is 0 Å². The van der Waals surface area contributed by atoms with E-state index in [1.54, 1.807) is 16.7 Å². The van der Waals surface area contributed by atoms with E-state index in [1.165, 1.54) is 11.3 Å². The first-order valence-corrected chi connectivity index (χ1v) is 8.39. The van der Waals surface area contributed by atoms with Crippen molar-refractivity contribution in [3.05, 3.63) is 33.7 Å². The first-order chi connectivity index (χ1) is 10.5. The van der Waals surface area contributed by atoms with Crippen molar-refractivity contribution in [2.45, 2.75) is 20.4 Å². The van der Waals surface area contributed by atoms with E-state index in [0.717, 1.165) is 36.8 Å². The van der Waals surface area contributed by atoms with Crippen LogP contribution < -0.4 is 5.56 Å². The second kappa shape index (κ2) is 6.18. The molecule has 0 saturated carbocycles. The fourth-order valence-corrected chi connectivity index (χ4v) is 3.43. The molecule has 1 aliphatic rings. The van der Waals surface area contributed by atoms with E-state index in [1.807, 2.05) is 24.1 Å². The molecule has 1 fully saturated rings. The number of hydrogen-bond donors (Lipinski definition) is 0. The Kier molecular flexibility index (Phi) is 4.26. The molecule has 0 N–H and O–H groups in total. The Balaban J connectivity index is 1.64. The Morgan fingerprint density at radius 2 is 2.05 bits per heavy atom. The summed E-state index contributed by atoms with van der Waals surface area (Å²) in [5.74, 6) is 0.269. The molecule has 1 saturated heterocycles. The Morgan fingerprint density at radius 1 is 1.32 bits per heavy atom. The van der Waals surface area contributed by atoms with Crippen LogP contribution in [-0.2, 0) is 11.3 Å². The van der Waals surface area contributed by atoms with E-state index in [2.05, 4.69) is 9.88 Å². The molecule has 1 amide bonds. The van der Waals surface area contributed by atoms with Crippen LogP contribution in [0.2, 0.25) is 0 Å². The summed E-state index contributed by atoms with van der Waals surface area (Å²) in [6.45, 7) is 7.67. The van der Waals surface area contributed by atoms with E-state index in [4.69, 9.17) is 0 Å². The van der Waals surface area contributed by atoms with Crippen LogP contribution >= 0.6 is 11.3 Å². The molecule has 7 heteroatoms. The van der Waals surface area contributed by atoms with Gasteiger partial charge in [0.15, 0.2) is 4.96 Å². The number of fused-ring (bicyclic) bond motifs is 1. The molecular weight excluding hydrogens is 300 g/mol. The van der Waals surface area contributed by atoms with Gasteiger partial charge in [-0.15, -0.1) is 11.3 Å². The highest BCUT2D eigenvalue weighted by atomic mass is 32.1. The molecule has 2 aromatic rings. The van der Waals surface area contributed by atoms with Crippen molar-refractivity contribution >= 4 is 22.2 Å². The summed E-state index contributed by atoms with van der Waals surface area (Å²) in [7, 11) is 0. The molecule has 0 aliphatic carbocycles. The lowest BCUT2D eigenvalue weighted by Gasteiger charge is -2.35. The lowest BCUT2D eigenvalue weighted by Crippen LogP contribution is -2.49. The first-order valence-electron chi connectivity index (χ1n) is 7.51. The smallest absolute Gasteiger partial charge is 0.258 e. The third-order valence-corrected chi connectivity index (χ3v) is 4.68.